The van der Waals surface area contributed by atoms with Crippen molar-refractivity contribution in [1.29, 1.82) is 0 Å². The van der Waals surface area contributed by atoms with Crippen LogP contribution in [0.25, 0.3) is 0 Å². The van der Waals surface area contributed by atoms with Crippen LogP contribution in [0.15, 0.2) is 35.2 Å². The van der Waals surface area contributed by atoms with E-state index in [1.54, 1.807) is 39.0 Å². The Kier molecular flexibility index (Phi) is 16.5. The zero-order valence-electron chi connectivity index (χ0n) is 20.9. The zero-order valence-corrected chi connectivity index (χ0v) is 21.7. The smallest absolute Gasteiger partial charge is 0.407 e. The minimum atomic E-state index is -3.75. The van der Waals surface area contributed by atoms with E-state index >= 15 is 0 Å². The SMILES string of the molecule is CC(C)(C)OC(=O)NCCOCCOCCOCCOCCOCCOS(=O)(=O)c1ccccc1. The minimum absolute atomic E-state index is 0.0612. The van der Waals surface area contributed by atoms with Gasteiger partial charge in [-0.1, -0.05) is 18.2 Å². The molecule has 35 heavy (non-hydrogen) atoms. The number of benzene rings is 1. The van der Waals surface area contributed by atoms with Crippen LogP contribution in [-0.2, 0) is 42.7 Å². The van der Waals surface area contributed by atoms with Crippen molar-refractivity contribution in [3.8, 4) is 0 Å². The summed E-state index contributed by atoms with van der Waals surface area (Å²) < 4.78 is 60.6. The van der Waals surface area contributed by atoms with E-state index in [0.717, 1.165) is 0 Å². The van der Waals surface area contributed by atoms with Crippen LogP contribution >= 0.6 is 0 Å². The Labute approximate surface area is 208 Å². The van der Waals surface area contributed by atoms with E-state index in [9.17, 15) is 13.2 Å². The number of alkyl carbamates (subject to hydrolysis) is 1. The van der Waals surface area contributed by atoms with E-state index in [2.05, 4.69) is 5.32 Å². The molecule has 0 saturated carbocycles. The van der Waals surface area contributed by atoms with Crippen LogP contribution < -0.4 is 5.32 Å². The largest absolute Gasteiger partial charge is 0.444 e. The second kappa shape index (κ2) is 18.5. The molecule has 1 N–H and O–H groups in total. The van der Waals surface area contributed by atoms with Gasteiger partial charge in [0.05, 0.1) is 77.6 Å². The molecule has 0 aliphatic carbocycles. The van der Waals surface area contributed by atoms with E-state index in [4.69, 9.17) is 32.6 Å². The number of nitrogens with one attached hydrogen (secondary N) is 1. The number of rotatable bonds is 20. The van der Waals surface area contributed by atoms with Crippen molar-refractivity contribution in [3.63, 3.8) is 0 Å². The van der Waals surface area contributed by atoms with Crippen molar-refractivity contribution in [3.05, 3.63) is 30.3 Å². The molecule has 0 bridgehead atoms. The summed E-state index contributed by atoms with van der Waals surface area (Å²) in [5.74, 6) is 0. The molecule has 0 heterocycles. The van der Waals surface area contributed by atoms with E-state index < -0.39 is 21.8 Å². The first-order chi connectivity index (χ1) is 16.7. The predicted octanol–water partition coefficient (Wildman–Crippen LogP) is 2.00. The number of carbonyl (C=O) groups is 1. The molecule has 11 nitrogen and oxygen atoms in total. The zero-order chi connectivity index (χ0) is 25.8. The van der Waals surface area contributed by atoms with Gasteiger partial charge in [0.25, 0.3) is 10.1 Å². The molecule has 0 atom stereocenters. The Hall–Kier alpha value is -1.80. The molecule has 0 unspecified atom stereocenters. The lowest BCUT2D eigenvalue weighted by molar-refractivity contribution is -0.0125. The quantitative estimate of drug-likeness (QED) is 0.201. The highest BCUT2D eigenvalue weighted by atomic mass is 32.2. The molecule has 0 saturated heterocycles. The van der Waals surface area contributed by atoms with Crippen molar-refractivity contribution in [1.82, 2.24) is 5.32 Å². The van der Waals surface area contributed by atoms with Crippen LogP contribution in [0.4, 0.5) is 4.79 Å². The Morgan fingerprint density at radius 3 is 1.60 bits per heavy atom. The third-order valence-electron chi connectivity index (χ3n) is 3.90. The lowest BCUT2D eigenvalue weighted by Gasteiger charge is -2.19. The van der Waals surface area contributed by atoms with Gasteiger partial charge >= 0.3 is 6.09 Å². The third-order valence-corrected chi connectivity index (χ3v) is 5.23. The molecule has 0 aliphatic rings. The Morgan fingerprint density at radius 2 is 1.14 bits per heavy atom. The van der Waals surface area contributed by atoms with Crippen molar-refractivity contribution < 1.29 is 45.8 Å². The van der Waals surface area contributed by atoms with Gasteiger partial charge in [0.15, 0.2) is 0 Å². The van der Waals surface area contributed by atoms with Gasteiger partial charge in [0.2, 0.25) is 0 Å². The molecule has 0 aliphatic heterocycles. The fourth-order valence-corrected chi connectivity index (χ4v) is 3.29. The maximum absolute atomic E-state index is 11.9. The summed E-state index contributed by atoms with van der Waals surface area (Å²) in [4.78, 5) is 11.6. The van der Waals surface area contributed by atoms with E-state index in [0.29, 0.717) is 66.0 Å². The van der Waals surface area contributed by atoms with E-state index in [1.807, 2.05) is 0 Å². The molecule has 202 valence electrons. The van der Waals surface area contributed by atoms with Gasteiger partial charge in [-0.15, -0.1) is 0 Å². The topological polar surface area (TPSA) is 128 Å². The average Bonchev–Trinajstić information content (AvgIpc) is 2.80. The van der Waals surface area contributed by atoms with Crippen LogP contribution in [0.1, 0.15) is 20.8 Å². The molecule has 0 fully saturated rings. The van der Waals surface area contributed by atoms with Crippen LogP contribution in [-0.4, -0.2) is 99.3 Å². The van der Waals surface area contributed by atoms with Gasteiger partial charge < -0.3 is 33.7 Å². The molecule has 0 radical (unpaired) electrons. The van der Waals surface area contributed by atoms with Crippen LogP contribution in [0.5, 0.6) is 0 Å². The summed E-state index contributed by atoms with van der Waals surface area (Å²) in [5, 5.41) is 2.61. The molecule has 0 aromatic heterocycles. The molecule has 1 aromatic rings. The number of hydrogen-bond donors (Lipinski definition) is 1. The van der Waals surface area contributed by atoms with Crippen LogP contribution in [0.3, 0.4) is 0 Å². The summed E-state index contributed by atoms with van der Waals surface area (Å²) in [7, 11) is -3.75. The van der Waals surface area contributed by atoms with Crippen molar-refractivity contribution >= 4 is 16.2 Å². The van der Waals surface area contributed by atoms with Gasteiger partial charge in [-0.2, -0.15) is 8.42 Å². The molecular formula is C23H39NO10S. The highest BCUT2D eigenvalue weighted by molar-refractivity contribution is 7.86. The lowest BCUT2D eigenvalue weighted by Crippen LogP contribution is -2.34. The lowest BCUT2D eigenvalue weighted by atomic mass is 10.2. The fraction of sp³-hybridized carbons (Fsp3) is 0.696. The number of ether oxygens (including phenoxy) is 6. The summed E-state index contributed by atoms with van der Waals surface area (Å²) in [6.45, 7) is 9.49. The molecule has 1 rings (SSSR count). The first-order valence-electron chi connectivity index (χ1n) is 11.5. The highest BCUT2D eigenvalue weighted by Crippen LogP contribution is 2.10. The van der Waals surface area contributed by atoms with Gasteiger partial charge in [-0.05, 0) is 32.9 Å². The van der Waals surface area contributed by atoms with Gasteiger partial charge in [0, 0.05) is 6.54 Å². The first-order valence-corrected chi connectivity index (χ1v) is 12.9. The molecule has 0 spiro atoms. The van der Waals surface area contributed by atoms with Gasteiger partial charge in [0.1, 0.15) is 5.60 Å². The number of carbonyl (C=O) groups excluding carboxylic acids is 1. The van der Waals surface area contributed by atoms with Crippen molar-refractivity contribution in [2.24, 2.45) is 0 Å². The van der Waals surface area contributed by atoms with E-state index in [1.165, 1.54) is 12.1 Å². The third kappa shape index (κ3) is 18.2. The molecule has 1 amide bonds. The predicted molar refractivity (Wildman–Crippen MR) is 128 cm³/mol. The summed E-state index contributed by atoms with van der Waals surface area (Å²) in [6.07, 6.45) is -0.465. The normalized spacial score (nSPS) is 12.0. The Balaban J connectivity index is 1.79. The molecule has 12 heteroatoms. The first kappa shape index (κ1) is 31.2. The fourth-order valence-electron chi connectivity index (χ4n) is 2.38. The number of amides is 1. The van der Waals surface area contributed by atoms with Gasteiger partial charge in [-0.25, -0.2) is 4.79 Å². The number of hydrogen-bond acceptors (Lipinski definition) is 10. The maximum atomic E-state index is 11.9. The second-order valence-corrected chi connectivity index (χ2v) is 9.70. The standard InChI is InChI=1S/C23H39NO10S/c1-23(2,3)34-22(25)24-9-10-28-11-12-29-13-14-30-15-16-31-17-18-32-19-20-33-35(26,27)21-7-5-4-6-8-21/h4-8H,9-20H2,1-3H3,(H,24,25). The molecule has 1 aromatic carbocycles. The van der Waals surface area contributed by atoms with Crippen LogP contribution in [0.2, 0.25) is 0 Å². The Morgan fingerprint density at radius 1 is 0.714 bits per heavy atom. The summed E-state index contributed by atoms with van der Waals surface area (Å²) in [5.41, 5.74) is -0.519. The monoisotopic (exact) mass is 521 g/mol. The van der Waals surface area contributed by atoms with Crippen molar-refractivity contribution in [2.45, 2.75) is 31.3 Å². The highest BCUT2D eigenvalue weighted by Gasteiger charge is 2.15. The summed E-state index contributed by atoms with van der Waals surface area (Å²) >= 11 is 0. The van der Waals surface area contributed by atoms with Gasteiger partial charge in [-0.3, -0.25) is 4.18 Å². The second-order valence-electron chi connectivity index (χ2n) is 8.08. The summed E-state index contributed by atoms with van der Waals surface area (Å²) in [6, 6.07) is 7.95. The minimum Gasteiger partial charge on any atom is -0.444 e. The average molecular weight is 522 g/mol. The molecular weight excluding hydrogens is 482 g/mol. The van der Waals surface area contributed by atoms with E-state index in [-0.39, 0.29) is 18.1 Å². The Bertz CT molecular complexity index is 768. The van der Waals surface area contributed by atoms with Crippen molar-refractivity contribution in [2.75, 3.05) is 79.2 Å². The van der Waals surface area contributed by atoms with Crippen LogP contribution in [0, 0.1) is 0 Å². The maximum Gasteiger partial charge on any atom is 0.407 e.